The molecule has 2 N–H and O–H groups in total. The molecule has 0 amide bonds. The monoisotopic (exact) mass is 470 g/mol. The van der Waals surface area contributed by atoms with Crippen LogP contribution in [-0.2, 0) is 0 Å². The van der Waals surface area contributed by atoms with Crippen molar-refractivity contribution >= 4 is 33.2 Å². The number of rotatable bonds is 4. The molecule has 0 aliphatic heterocycles. The molecule has 2 heterocycles. The minimum Gasteiger partial charge on any atom is -0.506 e. The number of hydrogen-bond acceptors (Lipinski definition) is 5. The van der Waals surface area contributed by atoms with E-state index in [9.17, 15) is 9.90 Å². The highest BCUT2D eigenvalue weighted by molar-refractivity contribution is 6.12. The van der Waals surface area contributed by atoms with Gasteiger partial charge in [-0.1, -0.05) is 72.3 Å². The second-order valence-electron chi connectivity index (χ2n) is 8.75. The van der Waals surface area contributed by atoms with Gasteiger partial charge >= 0.3 is 5.63 Å². The van der Waals surface area contributed by atoms with Crippen molar-refractivity contribution in [3.05, 3.63) is 119 Å². The number of benzene rings is 4. The van der Waals surface area contributed by atoms with E-state index < -0.39 is 5.63 Å². The second kappa shape index (κ2) is 8.71. The molecule has 4 aromatic carbocycles. The highest BCUT2D eigenvalue weighted by atomic mass is 16.4. The third-order valence-electron chi connectivity index (χ3n) is 6.28. The summed E-state index contributed by atoms with van der Waals surface area (Å²) in [4.78, 5) is 17.9. The van der Waals surface area contributed by atoms with Crippen molar-refractivity contribution in [2.24, 2.45) is 0 Å². The molecule has 0 spiro atoms. The van der Waals surface area contributed by atoms with Gasteiger partial charge in [0, 0.05) is 22.0 Å². The zero-order chi connectivity index (χ0) is 24.6. The average Bonchev–Trinajstić information content (AvgIpc) is 2.91. The van der Waals surface area contributed by atoms with Crippen LogP contribution in [0.5, 0.6) is 5.75 Å². The lowest BCUT2D eigenvalue weighted by atomic mass is 9.96. The van der Waals surface area contributed by atoms with Gasteiger partial charge in [-0.05, 0) is 54.4 Å². The highest BCUT2D eigenvalue weighted by Crippen LogP contribution is 2.37. The number of nitrogens with one attached hydrogen (secondary N) is 1. The molecule has 0 aliphatic rings. The Hall–Kier alpha value is -4.90. The zero-order valence-corrected chi connectivity index (χ0v) is 19.5. The Balaban J connectivity index is 1.64. The topological polar surface area (TPSA) is 75.4 Å². The van der Waals surface area contributed by atoms with E-state index in [1.54, 1.807) is 24.3 Å². The van der Waals surface area contributed by atoms with Crippen LogP contribution < -0.4 is 10.9 Å². The smallest absolute Gasteiger partial charge is 0.363 e. The molecule has 0 aliphatic carbocycles. The van der Waals surface area contributed by atoms with Gasteiger partial charge in [-0.25, -0.2) is 9.78 Å². The van der Waals surface area contributed by atoms with Gasteiger partial charge in [0.05, 0.1) is 11.4 Å². The fourth-order valence-electron chi connectivity index (χ4n) is 4.46. The van der Waals surface area contributed by atoms with E-state index in [0.717, 1.165) is 38.7 Å². The molecule has 2 aromatic heterocycles. The minimum atomic E-state index is -0.481. The van der Waals surface area contributed by atoms with Crippen molar-refractivity contribution < 1.29 is 9.52 Å². The van der Waals surface area contributed by atoms with Crippen molar-refractivity contribution in [2.75, 3.05) is 5.32 Å². The summed E-state index contributed by atoms with van der Waals surface area (Å²) in [6.45, 7) is 2.04. The van der Waals surface area contributed by atoms with E-state index in [0.29, 0.717) is 17.0 Å². The van der Waals surface area contributed by atoms with Crippen LogP contribution in [0.25, 0.3) is 44.3 Å². The molecule has 0 atom stereocenters. The molecule has 0 fully saturated rings. The Labute approximate surface area is 207 Å². The first-order chi connectivity index (χ1) is 17.6. The van der Waals surface area contributed by atoms with Crippen molar-refractivity contribution in [1.29, 1.82) is 0 Å². The molecule has 0 radical (unpaired) electrons. The number of phenolic OH excluding ortho intramolecular Hbond substituents is 1. The van der Waals surface area contributed by atoms with Gasteiger partial charge in [0.2, 0.25) is 0 Å². The van der Waals surface area contributed by atoms with Crippen molar-refractivity contribution in [3.63, 3.8) is 0 Å². The number of phenols is 1. The highest BCUT2D eigenvalue weighted by Gasteiger charge is 2.17. The van der Waals surface area contributed by atoms with Gasteiger partial charge in [0.1, 0.15) is 11.3 Å². The number of anilines is 2. The van der Waals surface area contributed by atoms with E-state index in [4.69, 9.17) is 9.40 Å². The lowest BCUT2D eigenvalue weighted by Crippen LogP contribution is -2.05. The molecule has 0 saturated carbocycles. The number of aromatic hydroxyl groups is 1. The van der Waals surface area contributed by atoms with E-state index >= 15 is 0 Å². The van der Waals surface area contributed by atoms with Gasteiger partial charge < -0.3 is 14.8 Å². The van der Waals surface area contributed by atoms with Crippen LogP contribution in [0.15, 0.2) is 112 Å². The Morgan fingerprint density at radius 3 is 2.33 bits per heavy atom. The number of aryl methyl sites for hydroxylation is 1. The first-order valence-electron chi connectivity index (χ1n) is 11.7. The quantitative estimate of drug-likeness (QED) is 0.159. The summed E-state index contributed by atoms with van der Waals surface area (Å²) in [6, 6.07) is 32.6. The van der Waals surface area contributed by atoms with Crippen LogP contribution in [0.2, 0.25) is 0 Å². The zero-order valence-electron chi connectivity index (χ0n) is 19.5. The number of para-hydroxylation sites is 2. The summed E-state index contributed by atoms with van der Waals surface area (Å²) in [5, 5.41) is 14.9. The summed E-state index contributed by atoms with van der Waals surface area (Å²) in [7, 11) is 0. The Kier molecular flexibility index (Phi) is 5.23. The Morgan fingerprint density at radius 1 is 0.806 bits per heavy atom. The Bertz CT molecular complexity index is 1790. The number of hydrogen-bond donors (Lipinski definition) is 2. The summed E-state index contributed by atoms with van der Waals surface area (Å²) >= 11 is 0. The molecule has 0 bridgehead atoms. The molecule has 6 aromatic rings. The maximum Gasteiger partial charge on any atom is 0.363 e. The molecule has 5 nitrogen and oxygen atoms in total. The average molecular weight is 471 g/mol. The number of pyridine rings is 1. The third kappa shape index (κ3) is 3.87. The van der Waals surface area contributed by atoms with Gasteiger partial charge in [0.25, 0.3) is 0 Å². The summed E-state index contributed by atoms with van der Waals surface area (Å²) in [5.41, 5.74) is 6.26. The molecule has 6 rings (SSSR count). The van der Waals surface area contributed by atoms with E-state index in [1.807, 2.05) is 85.8 Å². The third-order valence-corrected chi connectivity index (χ3v) is 6.28. The maximum atomic E-state index is 13.2. The van der Waals surface area contributed by atoms with E-state index in [-0.39, 0.29) is 11.3 Å². The largest absolute Gasteiger partial charge is 0.506 e. The lowest BCUT2D eigenvalue weighted by Gasteiger charge is -2.13. The molecule has 0 saturated heterocycles. The van der Waals surface area contributed by atoms with Crippen molar-refractivity contribution in [3.8, 4) is 28.1 Å². The van der Waals surface area contributed by atoms with Gasteiger partial charge in [-0.2, -0.15) is 0 Å². The predicted molar refractivity (Wildman–Crippen MR) is 145 cm³/mol. The fourth-order valence-corrected chi connectivity index (χ4v) is 4.46. The van der Waals surface area contributed by atoms with Crippen LogP contribution in [-0.4, -0.2) is 10.1 Å². The first-order valence-corrected chi connectivity index (χ1v) is 11.7. The van der Waals surface area contributed by atoms with Gasteiger partial charge in [0.15, 0.2) is 5.52 Å². The molecule has 0 unspecified atom stereocenters. The van der Waals surface area contributed by atoms with Crippen LogP contribution in [0.3, 0.4) is 0 Å². The summed E-state index contributed by atoms with van der Waals surface area (Å²) in [6.07, 6.45) is 0. The Morgan fingerprint density at radius 2 is 1.56 bits per heavy atom. The lowest BCUT2D eigenvalue weighted by molar-refractivity contribution is 0.478. The van der Waals surface area contributed by atoms with Crippen LogP contribution in [0, 0.1) is 6.92 Å². The summed E-state index contributed by atoms with van der Waals surface area (Å²) < 4.78 is 5.71. The number of fused-ring (bicyclic) bond motifs is 3. The normalized spacial score (nSPS) is 11.1. The van der Waals surface area contributed by atoms with E-state index in [1.165, 1.54) is 0 Å². The van der Waals surface area contributed by atoms with Crippen molar-refractivity contribution in [1.82, 2.24) is 4.98 Å². The number of aromatic nitrogens is 1. The molecule has 36 heavy (non-hydrogen) atoms. The standard InChI is InChI=1S/C31H22N2O3/c1-19-11-13-21(14-12-19)26-18-23(20-7-3-2-4-8-20)29-24-17-22(32-25-9-5-6-10-27(25)34)15-16-28(24)36-31(35)30(29)33-26/h2-18,32,34H,1H3. The van der Waals surface area contributed by atoms with E-state index in [2.05, 4.69) is 5.32 Å². The van der Waals surface area contributed by atoms with Crippen LogP contribution >= 0.6 is 0 Å². The second-order valence-corrected chi connectivity index (χ2v) is 8.75. The van der Waals surface area contributed by atoms with Crippen LogP contribution in [0.4, 0.5) is 11.4 Å². The summed E-state index contributed by atoms with van der Waals surface area (Å²) in [5.74, 6) is 0.149. The fraction of sp³-hybridized carbons (Fsp3) is 0.0323. The number of nitrogens with zero attached hydrogens (tertiary/aromatic N) is 1. The predicted octanol–water partition coefficient (Wildman–Crippen LogP) is 7.43. The van der Waals surface area contributed by atoms with Crippen LogP contribution in [0.1, 0.15) is 5.56 Å². The molecular weight excluding hydrogens is 448 g/mol. The molecular formula is C31H22N2O3. The maximum absolute atomic E-state index is 13.2. The first kappa shape index (κ1) is 21.6. The molecule has 5 heteroatoms. The SMILES string of the molecule is Cc1ccc(-c2cc(-c3ccccc3)c3c(n2)c(=O)oc2ccc(Nc4ccccc4O)cc23)cc1. The molecule has 174 valence electrons. The minimum absolute atomic E-state index is 0.149. The van der Waals surface area contributed by atoms with Crippen molar-refractivity contribution in [2.45, 2.75) is 6.92 Å². The van der Waals surface area contributed by atoms with Gasteiger partial charge in [-0.15, -0.1) is 0 Å². The van der Waals surface area contributed by atoms with Gasteiger partial charge in [-0.3, -0.25) is 0 Å².